The zero-order valence-electron chi connectivity index (χ0n) is 15.4. The van der Waals surface area contributed by atoms with E-state index in [1.807, 2.05) is 49.4 Å². The molecular formula is C21H25NO5. The van der Waals surface area contributed by atoms with Gasteiger partial charge >= 0.3 is 12.1 Å². The van der Waals surface area contributed by atoms with E-state index in [-0.39, 0.29) is 19.6 Å². The van der Waals surface area contributed by atoms with Gasteiger partial charge in [-0.05, 0) is 23.6 Å². The number of hydrogen-bond acceptors (Lipinski definition) is 5. The number of alkyl carbamates (subject to hydrolysis) is 1. The summed E-state index contributed by atoms with van der Waals surface area (Å²) in [6, 6.07) is 15.5. The average molecular weight is 371 g/mol. The SMILES string of the molecule is CCCc1ccccc1OC(=O)[C@H](CCO)NC(=O)OCc1ccccc1. The molecule has 0 radical (unpaired) electrons. The van der Waals surface area contributed by atoms with Gasteiger partial charge in [0.1, 0.15) is 18.4 Å². The van der Waals surface area contributed by atoms with Crippen LogP contribution in [-0.2, 0) is 22.6 Å². The fourth-order valence-electron chi connectivity index (χ4n) is 2.54. The Kier molecular flexibility index (Phi) is 8.32. The Labute approximate surface area is 159 Å². The first-order valence-corrected chi connectivity index (χ1v) is 9.01. The van der Waals surface area contributed by atoms with Gasteiger partial charge in [0, 0.05) is 13.0 Å². The number of amides is 1. The Balaban J connectivity index is 1.95. The minimum absolute atomic E-state index is 0.0369. The third-order valence-electron chi connectivity index (χ3n) is 3.91. The summed E-state index contributed by atoms with van der Waals surface area (Å²) in [5, 5.41) is 11.7. The molecule has 144 valence electrons. The number of carbonyl (C=O) groups is 2. The van der Waals surface area contributed by atoms with E-state index in [9.17, 15) is 14.7 Å². The number of hydrogen-bond donors (Lipinski definition) is 2. The number of carbonyl (C=O) groups excluding carboxylic acids is 2. The van der Waals surface area contributed by atoms with E-state index in [0.717, 1.165) is 24.0 Å². The zero-order chi connectivity index (χ0) is 19.5. The highest BCUT2D eigenvalue weighted by molar-refractivity contribution is 5.83. The molecule has 0 aliphatic heterocycles. The third-order valence-corrected chi connectivity index (χ3v) is 3.91. The molecule has 27 heavy (non-hydrogen) atoms. The molecule has 0 bridgehead atoms. The second-order valence-corrected chi connectivity index (χ2v) is 6.05. The van der Waals surface area contributed by atoms with Crippen molar-refractivity contribution in [2.24, 2.45) is 0 Å². The molecular weight excluding hydrogens is 346 g/mol. The highest BCUT2D eigenvalue weighted by Gasteiger charge is 2.24. The van der Waals surface area contributed by atoms with Crippen LogP contribution in [0.15, 0.2) is 54.6 Å². The lowest BCUT2D eigenvalue weighted by atomic mass is 10.1. The van der Waals surface area contributed by atoms with Crippen molar-refractivity contribution in [3.63, 3.8) is 0 Å². The molecule has 2 aromatic carbocycles. The van der Waals surface area contributed by atoms with Gasteiger partial charge in [0.2, 0.25) is 0 Å². The van der Waals surface area contributed by atoms with Crippen LogP contribution in [0, 0.1) is 0 Å². The maximum atomic E-state index is 12.5. The van der Waals surface area contributed by atoms with Crippen LogP contribution in [0.1, 0.15) is 30.9 Å². The van der Waals surface area contributed by atoms with Crippen LogP contribution in [0.25, 0.3) is 0 Å². The van der Waals surface area contributed by atoms with E-state index < -0.39 is 18.1 Å². The molecule has 2 N–H and O–H groups in total. The van der Waals surface area contributed by atoms with Crippen LogP contribution in [0.4, 0.5) is 4.79 Å². The standard InChI is InChI=1S/C21H25NO5/c1-2-8-17-11-6-7-12-19(17)27-20(24)18(13-14-23)22-21(25)26-15-16-9-4-3-5-10-16/h3-7,9-12,18,23H,2,8,13-15H2,1H3,(H,22,25)/t18-/m0/s1. The minimum Gasteiger partial charge on any atom is -0.445 e. The van der Waals surface area contributed by atoms with Gasteiger partial charge in [-0.2, -0.15) is 0 Å². The van der Waals surface area contributed by atoms with E-state index in [0.29, 0.717) is 5.75 Å². The van der Waals surface area contributed by atoms with Gasteiger partial charge in [0.25, 0.3) is 0 Å². The van der Waals surface area contributed by atoms with Crippen molar-refractivity contribution >= 4 is 12.1 Å². The van der Waals surface area contributed by atoms with Crippen LogP contribution in [0.5, 0.6) is 5.75 Å². The second-order valence-electron chi connectivity index (χ2n) is 6.05. The van der Waals surface area contributed by atoms with Crippen molar-refractivity contribution in [1.29, 1.82) is 0 Å². The van der Waals surface area contributed by atoms with E-state index in [2.05, 4.69) is 5.32 Å². The first-order chi connectivity index (χ1) is 13.1. The molecule has 0 heterocycles. The number of aliphatic hydroxyl groups is 1. The monoisotopic (exact) mass is 371 g/mol. The minimum atomic E-state index is -0.993. The fraction of sp³-hybridized carbons (Fsp3) is 0.333. The molecule has 1 amide bonds. The van der Waals surface area contributed by atoms with Crippen LogP contribution in [0.3, 0.4) is 0 Å². The Hall–Kier alpha value is -2.86. The largest absolute Gasteiger partial charge is 0.445 e. The Morgan fingerprint density at radius 3 is 2.48 bits per heavy atom. The Morgan fingerprint density at radius 1 is 1.07 bits per heavy atom. The number of para-hydroxylation sites is 1. The van der Waals surface area contributed by atoms with Crippen molar-refractivity contribution < 1.29 is 24.2 Å². The first kappa shape index (κ1) is 20.5. The number of rotatable bonds is 9. The number of aryl methyl sites for hydroxylation is 1. The molecule has 1 atom stereocenters. The molecule has 0 fully saturated rings. The van der Waals surface area contributed by atoms with Crippen molar-refractivity contribution in [3.05, 3.63) is 65.7 Å². The van der Waals surface area contributed by atoms with Gasteiger partial charge in [0.15, 0.2) is 0 Å². The zero-order valence-corrected chi connectivity index (χ0v) is 15.4. The summed E-state index contributed by atoms with van der Waals surface area (Å²) in [5.74, 6) is -0.170. The van der Waals surface area contributed by atoms with Crippen LogP contribution in [0.2, 0.25) is 0 Å². The van der Waals surface area contributed by atoms with Crippen molar-refractivity contribution in [2.75, 3.05) is 6.61 Å². The van der Waals surface area contributed by atoms with E-state index in [4.69, 9.17) is 9.47 Å². The van der Waals surface area contributed by atoms with Crippen molar-refractivity contribution in [1.82, 2.24) is 5.32 Å². The molecule has 0 unspecified atom stereocenters. The molecule has 2 aromatic rings. The lowest BCUT2D eigenvalue weighted by Crippen LogP contribution is -2.43. The van der Waals surface area contributed by atoms with E-state index in [1.165, 1.54) is 0 Å². The smallest absolute Gasteiger partial charge is 0.408 e. The number of ether oxygens (including phenoxy) is 2. The van der Waals surface area contributed by atoms with E-state index in [1.54, 1.807) is 12.1 Å². The summed E-state index contributed by atoms with van der Waals surface area (Å²) in [6.07, 6.45) is 0.991. The fourth-order valence-corrected chi connectivity index (χ4v) is 2.54. The van der Waals surface area contributed by atoms with Gasteiger partial charge in [-0.15, -0.1) is 0 Å². The highest BCUT2D eigenvalue weighted by Crippen LogP contribution is 2.20. The number of nitrogens with one attached hydrogen (secondary N) is 1. The van der Waals surface area contributed by atoms with Crippen LogP contribution >= 0.6 is 0 Å². The summed E-state index contributed by atoms with van der Waals surface area (Å²) in [6.45, 7) is 1.86. The second kappa shape index (κ2) is 11.0. The predicted molar refractivity (Wildman–Crippen MR) is 101 cm³/mol. The van der Waals surface area contributed by atoms with Gasteiger partial charge in [-0.1, -0.05) is 61.9 Å². The molecule has 0 spiro atoms. The summed E-state index contributed by atoms with van der Waals surface area (Å²) in [7, 11) is 0. The summed E-state index contributed by atoms with van der Waals surface area (Å²) in [4.78, 5) is 24.5. The Bertz CT molecular complexity index is 732. The van der Waals surface area contributed by atoms with E-state index >= 15 is 0 Å². The maximum Gasteiger partial charge on any atom is 0.408 e. The van der Waals surface area contributed by atoms with Crippen LogP contribution in [-0.4, -0.2) is 29.8 Å². The van der Waals surface area contributed by atoms with Gasteiger partial charge < -0.3 is 19.9 Å². The maximum absolute atomic E-state index is 12.5. The number of esters is 1. The van der Waals surface area contributed by atoms with Gasteiger partial charge in [-0.3, -0.25) is 0 Å². The normalized spacial score (nSPS) is 11.5. The number of aliphatic hydroxyl groups excluding tert-OH is 1. The summed E-state index contributed by atoms with van der Waals surface area (Å²) >= 11 is 0. The van der Waals surface area contributed by atoms with Crippen molar-refractivity contribution in [3.8, 4) is 5.75 Å². The summed E-state index contributed by atoms with van der Waals surface area (Å²) < 4.78 is 10.6. The molecule has 0 aliphatic rings. The summed E-state index contributed by atoms with van der Waals surface area (Å²) in [5.41, 5.74) is 1.75. The molecule has 6 heteroatoms. The molecule has 6 nitrogen and oxygen atoms in total. The molecule has 0 saturated heterocycles. The highest BCUT2D eigenvalue weighted by atomic mass is 16.6. The van der Waals surface area contributed by atoms with Gasteiger partial charge in [0.05, 0.1) is 0 Å². The quantitative estimate of drug-likeness (QED) is 0.522. The van der Waals surface area contributed by atoms with Crippen molar-refractivity contribution in [2.45, 2.75) is 38.8 Å². The number of benzene rings is 2. The molecule has 2 rings (SSSR count). The average Bonchev–Trinajstić information content (AvgIpc) is 2.68. The first-order valence-electron chi connectivity index (χ1n) is 9.01. The predicted octanol–water partition coefficient (Wildman–Crippen LogP) is 3.22. The molecule has 0 aromatic heterocycles. The topological polar surface area (TPSA) is 84.9 Å². The van der Waals surface area contributed by atoms with Gasteiger partial charge in [-0.25, -0.2) is 9.59 Å². The molecule has 0 aliphatic carbocycles. The van der Waals surface area contributed by atoms with Crippen LogP contribution < -0.4 is 10.1 Å². The Morgan fingerprint density at radius 2 is 1.78 bits per heavy atom. The lowest BCUT2D eigenvalue weighted by Gasteiger charge is -2.17. The lowest BCUT2D eigenvalue weighted by molar-refractivity contribution is -0.137. The molecule has 0 saturated carbocycles. The third kappa shape index (κ3) is 6.75.